The molecule has 0 aliphatic rings. The Morgan fingerprint density at radius 3 is 2.64 bits per heavy atom. The monoisotopic (exact) mass is 357 g/mol. The summed E-state index contributed by atoms with van der Waals surface area (Å²) in [6.07, 6.45) is 0. The molecule has 5 nitrogen and oxygen atoms in total. The number of rotatable bonds is 6. The average Bonchev–Trinajstić information content (AvgIpc) is 3.01. The van der Waals surface area contributed by atoms with Crippen molar-refractivity contribution in [3.8, 4) is 11.5 Å². The molecule has 0 aliphatic heterocycles. The van der Waals surface area contributed by atoms with Gasteiger partial charge in [0.15, 0.2) is 0 Å². The number of carbonyl (C=O) groups is 1. The number of benzene rings is 2. The molecule has 1 heterocycles. The molecular weight excluding hydrogens is 338 g/mol. The zero-order valence-corrected chi connectivity index (χ0v) is 15.1. The Morgan fingerprint density at radius 1 is 1.12 bits per heavy atom. The molecule has 0 unspecified atom stereocenters. The van der Waals surface area contributed by atoms with E-state index in [1.807, 2.05) is 36.4 Å². The minimum absolute atomic E-state index is 0.332. The first-order valence-corrected chi connectivity index (χ1v) is 8.67. The van der Waals surface area contributed by atoms with E-state index in [0.717, 1.165) is 21.5 Å². The fourth-order valence-corrected chi connectivity index (χ4v) is 3.60. The van der Waals surface area contributed by atoms with E-state index in [1.165, 1.54) is 11.3 Å². The highest BCUT2D eigenvalue weighted by Gasteiger charge is 2.20. The highest BCUT2D eigenvalue weighted by molar-refractivity contribution is 7.21. The maximum atomic E-state index is 12.4. The summed E-state index contributed by atoms with van der Waals surface area (Å²) in [5, 5.41) is 4.30. The second-order valence-electron chi connectivity index (χ2n) is 5.21. The Hall–Kier alpha value is -2.73. The predicted octanol–water partition coefficient (Wildman–Crippen LogP) is 4.84. The highest BCUT2D eigenvalue weighted by Crippen LogP contribution is 2.40. The number of thiophene rings is 1. The molecular formula is C19H19NO4S. The zero-order chi connectivity index (χ0) is 17.8. The predicted molar refractivity (Wildman–Crippen MR) is 101 cm³/mol. The molecule has 0 saturated heterocycles. The van der Waals surface area contributed by atoms with Gasteiger partial charge in [0.25, 0.3) is 0 Å². The van der Waals surface area contributed by atoms with Crippen molar-refractivity contribution in [2.24, 2.45) is 0 Å². The van der Waals surface area contributed by atoms with Crippen molar-refractivity contribution >= 4 is 38.8 Å². The summed E-state index contributed by atoms with van der Waals surface area (Å²) in [6.45, 7) is 2.13. The number of hydrogen-bond acceptors (Lipinski definition) is 6. The lowest BCUT2D eigenvalue weighted by Crippen LogP contribution is -2.05. The van der Waals surface area contributed by atoms with Crippen LogP contribution in [0.15, 0.2) is 42.5 Å². The van der Waals surface area contributed by atoms with E-state index in [1.54, 1.807) is 27.2 Å². The van der Waals surface area contributed by atoms with E-state index < -0.39 is 0 Å². The average molecular weight is 357 g/mol. The Kier molecular flexibility index (Phi) is 5.09. The first-order chi connectivity index (χ1) is 12.2. The van der Waals surface area contributed by atoms with Gasteiger partial charge in [-0.25, -0.2) is 4.79 Å². The summed E-state index contributed by atoms with van der Waals surface area (Å²) in [5.74, 6) is 0.992. The van der Waals surface area contributed by atoms with Crippen molar-refractivity contribution in [3.63, 3.8) is 0 Å². The highest BCUT2D eigenvalue weighted by atomic mass is 32.1. The van der Waals surface area contributed by atoms with Crippen LogP contribution < -0.4 is 14.8 Å². The van der Waals surface area contributed by atoms with Gasteiger partial charge in [-0.3, -0.25) is 0 Å². The molecule has 0 bridgehead atoms. The minimum atomic E-state index is -0.335. The van der Waals surface area contributed by atoms with Crippen molar-refractivity contribution in [3.05, 3.63) is 47.3 Å². The summed E-state index contributed by atoms with van der Waals surface area (Å²) in [4.78, 5) is 12.9. The molecule has 0 amide bonds. The summed E-state index contributed by atoms with van der Waals surface area (Å²) < 4.78 is 16.9. The maximum Gasteiger partial charge on any atom is 0.350 e. The number of carbonyl (C=O) groups excluding carboxylic acids is 1. The number of anilines is 2. The number of nitrogens with one attached hydrogen (secondary N) is 1. The summed E-state index contributed by atoms with van der Waals surface area (Å²) in [7, 11) is 3.20. The molecule has 0 spiro atoms. The minimum Gasteiger partial charge on any atom is -0.497 e. The van der Waals surface area contributed by atoms with E-state index in [-0.39, 0.29) is 5.97 Å². The van der Waals surface area contributed by atoms with Gasteiger partial charge in [-0.1, -0.05) is 18.2 Å². The van der Waals surface area contributed by atoms with E-state index >= 15 is 0 Å². The van der Waals surface area contributed by atoms with Crippen LogP contribution in [0.1, 0.15) is 16.6 Å². The first kappa shape index (κ1) is 17.1. The number of esters is 1. The SMILES string of the molecule is CCOC(=O)c1sc2ccccc2c1Nc1ccc(OC)cc1OC. The molecule has 2 aromatic carbocycles. The van der Waals surface area contributed by atoms with Crippen molar-refractivity contribution in [1.82, 2.24) is 0 Å². The molecule has 3 rings (SSSR count). The van der Waals surface area contributed by atoms with Crippen LogP contribution in [0.3, 0.4) is 0 Å². The lowest BCUT2D eigenvalue weighted by molar-refractivity contribution is 0.0533. The van der Waals surface area contributed by atoms with E-state index in [4.69, 9.17) is 14.2 Å². The first-order valence-electron chi connectivity index (χ1n) is 7.85. The van der Waals surface area contributed by atoms with Crippen molar-refractivity contribution in [2.75, 3.05) is 26.1 Å². The van der Waals surface area contributed by atoms with Crippen molar-refractivity contribution in [2.45, 2.75) is 6.92 Å². The standard InChI is InChI=1S/C19H19NO4S/c1-4-24-19(21)18-17(13-7-5-6-8-16(13)25-18)20-14-10-9-12(22-2)11-15(14)23-3/h5-11,20H,4H2,1-3H3. The molecule has 6 heteroatoms. The summed E-state index contributed by atoms with van der Waals surface area (Å²) in [5.41, 5.74) is 1.47. The van der Waals surface area contributed by atoms with E-state index in [0.29, 0.717) is 23.0 Å². The van der Waals surface area contributed by atoms with Gasteiger partial charge < -0.3 is 19.5 Å². The largest absolute Gasteiger partial charge is 0.497 e. The van der Waals surface area contributed by atoms with Crippen LogP contribution in [-0.4, -0.2) is 26.8 Å². The lowest BCUT2D eigenvalue weighted by Gasteiger charge is -2.13. The third-order valence-corrected chi connectivity index (χ3v) is 4.88. The smallest absolute Gasteiger partial charge is 0.350 e. The van der Waals surface area contributed by atoms with Crippen LogP contribution in [0.2, 0.25) is 0 Å². The fourth-order valence-electron chi connectivity index (χ4n) is 2.55. The van der Waals surface area contributed by atoms with Crippen LogP contribution in [0.4, 0.5) is 11.4 Å². The second-order valence-corrected chi connectivity index (χ2v) is 6.27. The topological polar surface area (TPSA) is 56.8 Å². The van der Waals surface area contributed by atoms with Crippen LogP contribution in [-0.2, 0) is 4.74 Å². The van der Waals surface area contributed by atoms with Gasteiger partial charge in [-0.05, 0) is 25.1 Å². The molecule has 0 fully saturated rings. The number of ether oxygens (including phenoxy) is 3. The molecule has 0 aliphatic carbocycles. The molecule has 0 saturated carbocycles. The normalized spacial score (nSPS) is 10.5. The van der Waals surface area contributed by atoms with Gasteiger partial charge in [0.1, 0.15) is 16.4 Å². The molecule has 0 atom stereocenters. The van der Waals surface area contributed by atoms with Gasteiger partial charge in [-0.15, -0.1) is 11.3 Å². The molecule has 1 N–H and O–H groups in total. The van der Waals surface area contributed by atoms with Gasteiger partial charge in [-0.2, -0.15) is 0 Å². The van der Waals surface area contributed by atoms with Gasteiger partial charge in [0, 0.05) is 16.2 Å². The van der Waals surface area contributed by atoms with Crippen LogP contribution in [0.25, 0.3) is 10.1 Å². The Morgan fingerprint density at radius 2 is 1.92 bits per heavy atom. The Labute approximate surface area is 150 Å². The van der Waals surface area contributed by atoms with E-state index in [9.17, 15) is 4.79 Å². The van der Waals surface area contributed by atoms with Gasteiger partial charge in [0.2, 0.25) is 0 Å². The zero-order valence-electron chi connectivity index (χ0n) is 14.3. The number of methoxy groups -OCH3 is 2. The molecule has 3 aromatic rings. The lowest BCUT2D eigenvalue weighted by atomic mass is 10.2. The van der Waals surface area contributed by atoms with Gasteiger partial charge >= 0.3 is 5.97 Å². The molecule has 25 heavy (non-hydrogen) atoms. The molecule has 1 aromatic heterocycles. The summed E-state index contributed by atoms with van der Waals surface area (Å²) in [6, 6.07) is 13.3. The third kappa shape index (κ3) is 3.39. The number of fused-ring (bicyclic) bond motifs is 1. The molecule has 0 radical (unpaired) electrons. The van der Waals surface area contributed by atoms with Crippen LogP contribution in [0, 0.1) is 0 Å². The fraction of sp³-hybridized carbons (Fsp3) is 0.211. The van der Waals surface area contributed by atoms with E-state index in [2.05, 4.69) is 5.32 Å². The maximum absolute atomic E-state index is 12.4. The van der Waals surface area contributed by atoms with Crippen molar-refractivity contribution < 1.29 is 19.0 Å². The third-order valence-electron chi connectivity index (χ3n) is 3.72. The second kappa shape index (κ2) is 7.44. The quantitative estimate of drug-likeness (QED) is 0.640. The summed E-state index contributed by atoms with van der Waals surface area (Å²) >= 11 is 1.41. The number of hydrogen-bond donors (Lipinski definition) is 1. The van der Waals surface area contributed by atoms with Gasteiger partial charge in [0.05, 0.1) is 32.2 Å². The Balaban J connectivity index is 2.09. The van der Waals surface area contributed by atoms with Crippen LogP contribution in [0.5, 0.6) is 11.5 Å². The van der Waals surface area contributed by atoms with Crippen LogP contribution >= 0.6 is 11.3 Å². The Bertz CT molecular complexity index is 904. The molecule has 130 valence electrons. The van der Waals surface area contributed by atoms with Crippen molar-refractivity contribution in [1.29, 1.82) is 0 Å².